The lowest BCUT2D eigenvalue weighted by Crippen LogP contribution is -2.60. The van der Waals surface area contributed by atoms with Gasteiger partial charge in [-0.05, 0) is 12.8 Å². The van der Waals surface area contributed by atoms with Gasteiger partial charge in [0, 0.05) is 6.42 Å². The zero-order valence-corrected chi connectivity index (χ0v) is 31.7. The number of nitrogens with one attached hydrogen (secondary N) is 1. The summed E-state index contributed by atoms with van der Waals surface area (Å²) < 4.78 is 11.2. The third kappa shape index (κ3) is 23.4. The van der Waals surface area contributed by atoms with Crippen LogP contribution in [0.15, 0.2) is 0 Å². The molecule has 49 heavy (non-hydrogen) atoms. The van der Waals surface area contributed by atoms with Crippen molar-refractivity contribution in [1.29, 1.82) is 0 Å². The maximum atomic E-state index is 12.9. The van der Waals surface area contributed by atoms with Gasteiger partial charge in [0.05, 0.1) is 25.4 Å². The van der Waals surface area contributed by atoms with Crippen LogP contribution in [0.3, 0.4) is 0 Å². The molecular weight excluding hydrogens is 622 g/mol. The Morgan fingerprint density at radius 1 is 0.612 bits per heavy atom. The van der Waals surface area contributed by atoms with E-state index < -0.39 is 49.5 Å². The second-order valence-electron chi connectivity index (χ2n) is 14.8. The molecule has 0 spiro atoms. The number of rotatable bonds is 34. The predicted octanol–water partition coefficient (Wildman–Crippen LogP) is 7.61. The summed E-state index contributed by atoms with van der Waals surface area (Å²) in [6.45, 7) is 3.82. The van der Waals surface area contributed by atoms with Crippen LogP contribution < -0.4 is 5.32 Å². The van der Waals surface area contributed by atoms with E-state index in [1.54, 1.807) is 0 Å². The van der Waals surface area contributed by atoms with E-state index in [1.807, 2.05) is 0 Å². The van der Waals surface area contributed by atoms with Gasteiger partial charge in [-0.3, -0.25) is 4.79 Å². The number of aliphatic hydroxyl groups is 5. The van der Waals surface area contributed by atoms with E-state index in [0.717, 1.165) is 38.5 Å². The van der Waals surface area contributed by atoms with E-state index in [4.69, 9.17) is 9.47 Å². The second-order valence-corrected chi connectivity index (χ2v) is 14.8. The molecule has 0 unspecified atom stereocenters. The number of ether oxygens (including phenoxy) is 2. The quantitative estimate of drug-likeness (QED) is 0.0376. The van der Waals surface area contributed by atoms with Crippen molar-refractivity contribution in [3.05, 3.63) is 0 Å². The van der Waals surface area contributed by atoms with E-state index >= 15 is 0 Å². The molecule has 9 nitrogen and oxygen atoms in total. The average molecular weight is 702 g/mol. The zero-order chi connectivity index (χ0) is 36.0. The third-order valence-electron chi connectivity index (χ3n) is 10.2. The zero-order valence-electron chi connectivity index (χ0n) is 31.7. The first kappa shape index (κ1) is 46.2. The van der Waals surface area contributed by atoms with Gasteiger partial charge in [0.2, 0.25) is 5.91 Å². The standard InChI is InChI=1S/C40H79NO8/c1-3-5-7-9-11-13-15-17-19-21-23-25-27-29-34(43)33(32-48-40-39(47)38(46)37(45)35(31-42)49-40)41-36(44)30-28-26-24-22-20-18-16-14-12-10-8-6-4-2/h33-35,37-40,42-43,45-47H,3-32H2,1-2H3,(H,41,44)/t33-,34+,35+,37+,38-,39+,40+/m0/s1. The highest BCUT2D eigenvalue weighted by Gasteiger charge is 2.44. The topological polar surface area (TPSA) is 149 Å². The fourth-order valence-electron chi connectivity index (χ4n) is 6.81. The first-order valence-corrected chi connectivity index (χ1v) is 20.7. The molecule has 0 aromatic rings. The average Bonchev–Trinajstić information content (AvgIpc) is 3.10. The van der Waals surface area contributed by atoms with Gasteiger partial charge in [-0.2, -0.15) is 0 Å². The number of carbonyl (C=O) groups excluding carboxylic acids is 1. The summed E-state index contributed by atoms with van der Waals surface area (Å²) in [7, 11) is 0. The monoisotopic (exact) mass is 702 g/mol. The lowest BCUT2D eigenvalue weighted by atomic mass is 9.99. The van der Waals surface area contributed by atoms with Crippen molar-refractivity contribution < 1.29 is 39.8 Å². The fraction of sp³-hybridized carbons (Fsp3) is 0.975. The Labute approximate surface area is 300 Å². The minimum atomic E-state index is -1.55. The lowest BCUT2D eigenvalue weighted by Gasteiger charge is -2.40. The minimum Gasteiger partial charge on any atom is -0.394 e. The summed E-state index contributed by atoms with van der Waals surface area (Å²) in [5, 5.41) is 54.1. The highest BCUT2D eigenvalue weighted by atomic mass is 16.7. The molecular formula is C40H79NO8. The number of hydrogen-bond donors (Lipinski definition) is 6. The van der Waals surface area contributed by atoms with Crippen molar-refractivity contribution in [3.8, 4) is 0 Å². The molecule has 0 aliphatic carbocycles. The molecule has 0 aromatic heterocycles. The highest BCUT2D eigenvalue weighted by Crippen LogP contribution is 2.23. The summed E-state index contributed by atoms with van der Waals surface area (Å²) in [5.74, 6) is -0.144. The SMILES string of the molecule is CCCCCCCCCCCCCCCC(=O)N[C@@H](CO[C@@H]1O[C@H](CO)[C@@H](O)[C@H](O)[C@H]1O)[C@H](O)CCCCCCCCCCCCCCC. The third-order valence-corrected chi connectivity index (χ3v) is 10.2. The first-order chi connectivity index (χ1) is 23.8. The van der Waals surface area contributed by atoms with Gasteiger partial charge in [0.1, 0.15) is 24.4 Å². The molecule has 292 valence electrons. The van der Waals surface area contributed by atoms with E-state index in [0.29, 0.717) is 12.8 Å². The molecule has 1 aliphatic heterocycles. The highest BCUT2D eigenvalue weighted by molar-refractivity contribution is 5.76. The Kier molecular flexibility index (Phi) is 30.1. The first-order valence-electron chi connectivity index (χ1n) is 20.7. The van der Waals surface area contributed by atoms with Crippen LogP contribution in [0.25, 0.3) is 0 Å². The molecule has 1 aliphatic rings. The van der Waals surface area contributed by atoms with Gasteiger partial charge in [0.15, 0.2) is 6.29 Å². The molecule has 1 fully saturated rings. The van der Waals surface area contributed by atoms with E-state index in [-0.39, 0.29) is 12.5 Å². The number of hydrogen-bond acceptors (Lipinski definition) is 8. The largest absolute Gasteiger partial charge is 0.394 e. The van der Waals surface area contributed by atoms with Crippen LogP contribution in [0, 0.1) is 0 Å². The molecule has 1 amide bonds. The minimum absolute atomic E-state index is 0.132. The molecule has 6 N–H and O–H groups in total. The van der Waals surface area contributed by atoms with Crippen molar-refractivity contribution >= 4 is 5.91 Å². The predicted molar refractivity (Wildman–Crippen MR) is 198 cm³/mol. The van der Waals surface area contributed by atoms with Crippen LogP contribution in [-0.4, -0.2) is 87.5 Å². The van der Waals surface area contributed by atoms with Crippen LogP contribution in [0.1, 0.15) is 194 Å². The van der Waals surface area contributed by atoms with Gasteiger partial charge < -0.3 is 40.3 Å². The maximum absolute atomic E-state index is 12.9. The molecule has 0 aromatic carbocycles. The van der Waals surface area contributed by atoms with Crippen LogP contribution in [-0.2, 0) is 14.3 Å². The summed E-state index contributed by atoms with van der Waals surface area (Å²) in [4.78, 5) is 12.9. The Hall–Kier alpha value is -0.810. The molecule has 0 radical (unpaired) electrons. The van der Waals surface area contributed by atoms with Gasteiger partial charge in [-0.25, -0.2) is 0 Å². The van der Waals surface area contributed by atoms with E-state index in [1.165, 1.54) is 128 Å². The van der Waals surface area contributed by atoms with Crippen molar-refractivity contribution in [1.82, 2.24) is 5.32 Å². The molecule has 1 saturated heterocycles. The number of unbranched alkanes of at least 4 members (excludes halogenated alkanes) is 24. The molecule has 0 bridgehead atoms. The van der Waals surface area contributed by atoms with Crippen LogP contribution in [0.2, 0.25) is 0 Å². The maximum Gasteiger partial charge on any atom is 0.220 e. The van der Waals surface area contributed by atoms with Gasteiger partial charge >= 0.3 is 0 Å². The van der Waals surface area contributed by atoms with Crippen LogP contribution in [0.5, 0.6) is 0 Å². The number of aliphatic hydroxyl groups excluding tert-OH is 5. The van der Waals surface area contributed by atoms with Crippen molar-refractivity contribution in [3.63, 3.8) is 0 Å². The molecule has 7 atom stereocenters. The van der Waals surface area contributed by atoms with Gasteiger partial charge in [-0.15, -0.1) is 0 Å². The second kappa shape index (κ2) is 31.9. The van der Waals surface area contributed by atoms with E-state index in [9.17, 15) is 30.3 Å². The van der Waals surface area contributed by atoms with Crippen LogP contribution >= 0.6 is 0 Å². The summed E-state index contributed by atoms with van der Waals surface area (Å²) in [6, 6.07) is -0.709. The Bertz CT molecular complexity index is 741. The van der Waals surface area contributed by atoms with Crippen molar-refractivity contribution in [2.75, 3.05) is 13.2 Å². The Balaban J connectivity index is 2.38. The Morgan fingerprint density at radius 3 is 1.45 bits per heavy atom. The summed E-state index contributed by atoms with van der Waals surface area (Å²) >= 11 is 0. The molecule has 0 saturated carbocycles. The number of carbonyl (C=O) groups is 1. The van der Waals surface area contributed by atoms with Gasteiger partial charge in [-0.1, -0.05) is 174 Å². The van der Waals surface area contributed by atoms with Crippen molar-refractivity contribution in [2.24, 2.45) is 0 Å². The molecule has 9 heteroatoms. The molecule has 1 rings (SSSR count). The smallest absolute Gasteiger partial charge is 0.220 e. The lowest BCUT2D eigenvalue weighted by molar-refractivity contribution is -0.302. The molecule has 1 heterocycles. The van der Waals surface area contributed by atoms with Crippen LogP contribution in [0.4, 0.5) is 0 Å². The van der Waals surface area contributed by atoms with E-state index in [2.05, 4.69) is 19.2 Å². The van der Waals surface area contributed by atoms with Crippen molar-refractivity contribution in [2.45, 2.75) is 236 Å². The summed E-state index contributed by atoms with van der Waals surface area (Å²) in [6.07, 6.45) is 25.3. The number of amides is 1. The van der Waals surface area contributed by atoms with Gasteiger partial charge in [0.25, 0.3) is 0 Å². The normalized spacial score (nSPS) is 22.3. The summed E-state index contributed by atoms with van der Waals surface area (Å²) in [5.41, 5.74) is 0. The Morgan fingerprint density at radius 2 is 1.02 bits per heavy atom. The fourth-order valence-corrected chi connectivity index (χ4v) is 6.81.